The Bertz CT molecular complexity index is 774. The van der Waals surface area contributed by atoms with Crippen LogP contribution in [-0.2, 0) is 14.4 Å². The van der Waals surface area contributed by atoms with Crippen LogP contribution < -0.4 is 10.2 Å². The predicted molar refractivity (Wildman–Crippen MR) is 109 cm³/mol. The van der Waals surface area contributed by atoms with Crippen molar-refractivity contribution >= 4 is 23.4 Å². The van der Waals surface area contributed by atoms with E-state index >= 15 is 0 Å². The SMILES string of the molecule is CC(C)[C@@H](C)NC(=O)C1CCN(C(=O)[C@@H]2CC(=O)N(c3ccccc3F)C2)CC1. The van der Waals surface area contributed by atoms with Crippen LogP contribution in [0.1, 0.15) is 40.0 Å². The van der Waals surface area contributed by atoms with Gasteiger partial charge in [0.25, 0.3) is 0 Å². The zero-order chi connectivity index (χ0) is 21.1. The Balaban J connectivity index is 1.54. The fraction of sp³-hybridized carbons (Fsp3) is 0.591. The van der Waals surface area contributed by atoms with Gasteiger partial charge in [-0.15, -0.1) is 0 Å². The van der Waals surface area contributed by atoms with Gasteiger partial charge in [0.15, 0.2) is 0 Å². The summed E-state index contributed by atoms with van der Waals surface area (Å²) in [6.07, 6.45) is 1.35. The highest BCUT2D eigenvalue weighted by Crippen LogP contribution is 2.29. The predicted octanol–water partition coefficient (Wildman–Crippen LogP) is 2.58. The van der Waals surface area contributed by atoms with Gasteiger partial charge in [-0.05, 0) is 37.8 Å². The van der Waals surface area contributed by atoms with Crippen molar-refractivity contribution in [2.75, 3.05) is 24.5 Å². The molecular formula is C22H30FN3O3. The van der Waals surface area contributed by atoms with E-state index in [4.69, 9.17) is 0 Å². The summed E-state index contributed by atoms with van der Waals surface area (Å²) < 4.78 is 14.0. The van der Waals surface area contributed by atoms with Gasteiger partial charge in [0, 0.05) is 38.0 Å². The van der Waals surface area contributed by atoms with Gasteiger partial charge in [-0.2, -0.15) is 0 Å². The Hall–Kier alpha value is -2.44. The van der Waals surface area contributed by atoms with Crippen molar-refractivity contribution in [3.05, 3.63) is 30.1 Å². The maximum Gasteiger partial charge on any atom is 0.228 e. The molecule has 0 bridgehead atoms. The smallest absolute Gasteiger partial charge is 0.228 e. The second kappa shape index (κ2) is 8.93. The number of piperidine rings is 1. The molecule has 2 saturated heterocycles. The van der Waals surface area contributed by atoms with Gasteiger partial charge >= 0.3 is 0 Å². The zero-order valence-electron chi connectivity index (χ0n) is 17.4. The summed E-state index contributed by atoms with van der Waals surface area (Å²) >= 11 is 0. The van der Waals surface area contributed by atoms with Crippen LogP contribution in [0.4, 0.5) is 10.1 Å². The Labute approximate surface area is 171 Å². The average Bonchev–Trinajstić information content (AvgIpc) is 3.09. The number of amides is 3. The third-order valence-electron chi connectivity index (χ3n) is 6.16. The lowest BCUT2D eigenvalue weighted by molar-refractivity contribution is -0.139. The fourth-order valence-corrected chi connectivity index (χ4v) is 3.91. The van der Waals surface area contributed by atoms with Crippen molar-refractivity contribution in [3.63, 3.8) is 0 Å². The van der Waals surface area contributed by atoms with Crippen molar-refractivity contribution in [2.24, 2.45) is 17.8 Å². The number of carbonyl (C=O) groups is 3. The topological polar surface area (TPSA) is 69.7 Å². The first-order valence-electron chi connectivity index (χ1n) is 10.4. The minimum absolute atomic E-state index is 0.0556. The molecule has 2 aliphatic heterocycles. The standard InChI is InChI=1S/C22H30FN3O3/c1-14(2)15(3)24-21(28)16-8-10-25(11-9-16)22(29)17-12-20(27)26(13-17)19-7-5-4-6-18(19)23/h4-7,14-17H,8-13H2,1-3H3,(H,24,28)/t15-,17-/m1/s1. The molecule has 158 valence electrons. The van der Waals surface area contributed by atoms with E-state index in [0.29, 0.717) is 31.8 Å². The third-order valence-corrected chi connectivity index (χ3v) is 6.16. The van der Waals surface area contributed by atoms with Crippen LogP contribution in [0.15, 0.2) is 24.3 Å². The molecule has 1 aromatic rings. The van der Waals surface area contributed by atoms with Gasteiger partial charge in [-0.1, -0.05) is 26.0 Å². The Kier molecular flexibility index (Phi) is 6.55. The van der Waals surface area contributed by atoms with Crippen LogP contribution in [0, 0.1) is 23.6 Å². The number of hydrogen-bond donors (Lipinski definition) is 1. The van der Waals surface area contributed by atoms with Crippen molar-refractivity contribution < 1.29 is 18.8 Å². The molecule has 2 atom stereocenters. The van der Waals surface area contributed by atoms with E-state index in [1.54, 1.807) is 23.1 Å². The molecule has 0 aliphatic carbocycles. The molecule has 0 radical (unpaired) electrons. The lowest BCUT2D eigenvalue weighted by Gasteiger charge is -2.33. The number of anilines is 1. The second-order valence-corrected chi connectivity index (χ2v) is 8.50. The molecule has 0 aromatic heterocycles. The minimum atomic E-state index is -0.464. The first-order valence-corrected chi connectivity index (χ1v) is 10.4. The Morgan fingerprint density at radius 1 is 1.10 bits per heavy atom. The number of carbonyl (C=O) groups excluding carboxylic acids is 3. The molecule has 1 aromatic carbocycles. The van der Waals surface area contributed by atoms with E-state index < -0.39 is 11.7 Å². The molecule has 0 unspecified atom stereocenters. The van der Waals surface area contributed by atoms with E-state index in [2.05, 4.69) is 19.2 Å². The Morgan fingerprint density at radius 2 is 1.76 bits per heavy atom. The molecule has 3 rings (SSSR count). The lowest BCUT2D eigenvalue weighted by atomic mass is 9.93. The van der Waals surface area contributed by atoms with Gasteiger partial charge in [-0.3, -0.25) is 14.4 Å². The number of halogens is 1. The van der Waals surface area contributed by atoms with E-state index in [1.165, 1.54) is 11.0 Å². The first-order chi connectivity index (χ1) is 13.8. The monoisotopic (exact) mass is 403 g/mol. The molecule has 2 heterocycles. The zero-order valence-corrected chi connectivity index (χ0v) is 17.4. The average molecular weight is 403 g/mol. The highest BCUT2D eigenvalue weighted by Gasteiger charge is 2.39. The third kappa shape index (κ3) is 4.77. The van der Waals surface area contributed by atoms with Crippen molar-refractivity contribution in [1.82, 2.24) is 10.2 Å². The van der Waals surface area contributed by atoms with Crippen molar-refractivity contribution in [1.29, 1.82) is 0 Å². The summed E-state index contributed by atoms with van der Waals surface area (Å²) in [7, 11) is 0. The second-order valence-electron chi connectivity index (χ2n) is 8.50. The highest BCUT2D eigenvalue weighted by molar-refractivity contribution is 6.00. The van der Waals surface area contributed by atoms with Crippen LogP contribution in [0.25, 0.3) is 0 Å². The van der Waals surface area contributed by atoms with Gasteiger partial charge in [-0.25, -0.2) is 4.39 Å². The summed E-state index contributed by atoms with van der Waals surface area (Å²) in [5.74, 6) is -0.889. The molecule has 2 aliphatic rings. The first kappa shape index (κ1) is 21.3. The molecular weight excluding hydrogens is 373 g/mol. The number of nitrogens with one attached hydrogen (secondary N) is 1. The normalized spacial score (nSPS) is 21.6. The number of benzene rings is 1. The number of nitrogens with zero attached hydrogens (tertiary/aromatic N) is 2. The Morgan fingerprint density at radius 3 is 2.38 bits per heavy atom. The van der Waals surface area contributed by atoms with Crippen molar-refractivity contribution in [2.45, 2.75) is 46.1 Å². The molecule has 0 saturated carbocycles. The largest absolute Gasteiger partial charge is 0.353 e. The quantitative estimate of drug-likeness (QED) is 0.822. The lowest BCUT2D eigenvalue weighted by Crippen LogP contribution is -2.47. The van der Waals surface area contributed by atoms with Crippen LogP contribution >= 0.6 is 0 Å². The van der Waals surface area contributed by atoms with E-state index in [-0.39, 0.29) is 48.3 Å². The fourth-order valence-electron chi connectivity index (χ4n) is 3.91. The molecule has 6 nitrogen and oxygen atoms in total. The summed E-state index contributed by atoms with van der Waals surface area (Å²) in [6.45, 7) is 7.36. The molecule has 29 heavy (non-hydrogen) atoms. The summed E-state index contributed by atoms with van der Waals surface area (Å²) in [5.41, 5.74) is 0.224. The maximum atomic E-state index is 14.0. The van der Waals surface area contributed by atoms with E-state index in [0.717, 1.165) is 0 Å². The summed E-state index contributed by atoms with van der Waals surface area (Å²) in [5, 5.41) is 3.05. The van der Waals surface area contributed by atoms with Gasteiger partial charge in [0.2, 0.25) is 17.7 Å². The van der Waals surface area contributed by atoms with Crippen LogP contribution in [0.5, 0.6) is 0 Å². The van der Waals surface area contributed by atoms with Crippen LogP contribution in [-0.4, -0.2) is 48.3 Å². The van der Waals surface area contributed by atoms with Gasteiger partial charge in [0.1, 0.15) is 5.82 Å². The minimum Gasteiger partial charge on any atom is -0.353 e. The van der Waals surface area contributed by atoms with E-state index in [9.17, 15) is 18.8 Å². The molecule has 0 spiro atoms. The molecule has 7 heteroatoms. The highest BCUT2D eigenvalue weighted by atomic mass is 19.1. The summed E-state index contributed by atoms with van der Waals surface area (Å²) in [4.78, 5) is 40.8. The maximum absolute atomic E-state index is 14.0. The van der Waals surface area contributed by atoms with Crippen LogP contribution in [0.3, 0.4) is 0 Å². The van der Waals surface area contributed by atoms with Crippen molar-refractivity contribution in [3.8, 4) is 0 Å². The number of likely N-dealkylation sites (tertiary alicyclic amines) is 1. The number of hydrogen-bond acceptors (Lipinski definition) is 3. The molecule has 3 amide bonds. The van der Waals surface area contributed by atoms with E-state index in [1.807, 2.05) is 6.92 Å². The molecule has 1 N–H and O–H groups in total. The van der Waals surface area contributed by atoms with Crippen LogP contribution in [0.2, 0.25) is 0 Å². The number of rotatable bonds is 5. The van der Waals surface area contributed by atoms with Gasteiger partial charge in [0.05, 0.1) is 11.6 Å². The summed E-state index contributed by atoms with van der Waals surface area (Å²) in [6, 6.07) is 6.24. The number of para-hydroxylation sites is 1. The van der Waals surface area contributed by atoms with Gasteiger partial charge < -0.3 is 15.1 Å². The molecule has 2 fully saturated rings.